The fraction of sp³-hybridized carbons (Fsp3) is 0.818. The van der Waals surface area contributed by atoms with Crippen LogP contribution in [0.5, 0.6) is 0 Å². The summed E-state index contributed by atoms with van der Waals surface area (Å²) in [6.07, 6.45) is 0.869. The number of carbonyl (C=O) groups excluding carboxylic acids is 1. The van der Waals surface area contributed by atoms with Crippen LogP contribution in [0.15, 0.2) is 0 Å². The summed E-state index contributed by atoms with van der Waals surface area (Å²) >= 11 is 0. The number of rotatable bonds is 9. The molecule has 0 unspecified atom stereocenters. The van der Waals surface area contributed by atoms with Crippen LogP contribution in [-0.2, 0) is 14.3 Å². The Bertz CT molecular complexity index is 252. The zero-order chi connectivity index (χ0) is 13.3. The number of carbonyl (C=O) groups is 2. The molecule has 0 bridgehead atoms. The maximum Gasteiger partial charge on any atom is 0.323 e. The van der Waals surface area contributed by atoms with E-state index in [0.717, 1.165) is 0 Å². The molecule has 0 rings (SSSR count). The number of aliphatic carboxylic acids is 1. The van der Waals surface area contributed by atoms with Gasteiger partial charge in [-0.1, -0.05) is 13.8 Å². The average molecular weight is 246 g/mol. The molecular weight excluding hydrogens is 224 g/mol. The van der Waals surface area contributed by atoms with Gasteiger partial charge in [0.05, 0.1) is 13.2 Å². The van der Waals surface area contributed by atoms with Crippen molar-refractivity contribution < 1.29 is 19.4 Å². The molecule has 6 heteroatoms. The molecule has 0 fully saturated rings. The molecule has 0 aromatic rings. The molecule has 17 heavy (non-hydrogen) atoms. The van der Waals surface area contributed by atoms with Gasteiger partial charge in [-0.2, -0.15) is 0 Å². The fourth-order valence-corrected chi connectivity index (χ4v) is 1.48. The monoisotopic (exact) mass is 246 g/mol. The van der Waals surface area contributed by atoms with Gasteiger partial charge in [0.25, 0.3) is 0 Å². The van der Waals surface area contributed by atoms with Crippen LogP contribution >= 0.6 is 0 Å². The van der Waals surface area contributed by atoms with Gasteiger partial charge in [-0.15, -0.1) is 0 Å². The lowest BCUT2D eigenvalue weighted by molar-refractivity contribution is -0.145. The van der Waals surface area contributed by atoms with Crippen molar-refractivity contribution in [3.05, 3.63) is 0 Å². The number of carboxylic acids is 1. The van der Waals surface area contributed by atoms with Crippen molar-refractivity contribution in [2.24, 2.45) is 0 Å². The highest BCUT2D eigenvalue weighted by atomic mass is 16.5. The molecule has 0 radical (unpaired) electrons. The minimum absolute atomic E-state index is 0.00229. The van der Waals surface area contributed by atoms with E-state index in [1.165, 1.54) is 0 Å². The Hall–Kier alpha value is -1.14. The highest BCUT2D eigenvalue weighted by Crippen LogP contribution is 2.14. The molecular formula is C11H22N2O4. The van der Waals surface area contributed by atoms with Gasteiger partial charge >= 0.3 is 5.97 Å². The van der Waals surface area contributed by atoms with E-state index in [1.807, 2.05) is 0 Å². The van der Waals surface area contributed by atoms with Crippen molar-refractivity contribution in [1.82, 2.24) is 10.6 Å². The van der Waals surface area contributed by atoms with Crippen molar-refractivity contribution in [3.63, 3.8) is 0 Å². The van der Waals surface area contributed by atoms with E-state index in [0.29, 0.717) is 26.0 Å². The van der Waals surface area contributed by atoms with Crippen molar-refractivity contribution in [2.45, 2.75) is 32.2 Å². The predicted octanol–water partition coefficient (Wildman–Crippen LogP) is -0.0180. The van der Waals surface area contributed by atoms with Gasteiger partial charge in [-0.3, -0.25) is 14.9 Å². The number of ether oxygens (including phenoxy) is 1. The summed E-state index contributed by atoms with van der Waals surface area (Å²) in [5.41, 5.74) is -1.02. The summed E-state index contributed by atoms with van der Waals surface area (Å²) in [6.45, 7) is 4.44. The lowest BCUT2D eigenvalue weighted by Gasteiger charge is -2.27. The standard InChI is InChI=1S/C11H22N2O4/c1-4-11(5-2,10(15)16)13-8-9(14)12-6-7-17-3/h13H,4-8H2,1-3H3,(H,12,14)(H,15,16). The minimum Gasteiger partial charge on any atom is -0.480 e. The molecule has 0 atom stereocenters. The summed E-state index contributed by atoms with van der Waals surface area (Å²) in [7, 11) is 1.55. The summed E-state index contributed by atoms with van der Waals surface area (Å²) in [5.74, 6) is -1.15. The Balaban J connectivity index is 4.13. The molecule has 0 aliphatic rings. The Labute approximate surface area is 102 Å². The Kier molecular flexibility index (Phi) is 7.49. The highest BCUT2D eigenvalue weighted by Gasteiger charge is 2.34. The summed E-state index contributed by atoms with van der Waals surface area (Å²) in [5, 5.41) is 14.6. The molecule has 0 saturated heterocycles. The van der Waals surface area contributed by atoms with Crippen molar-refractivity contribution in [3.8, 4) is 0 Å². The van der Waals surface area contributed by atoms with E-state index in [1.54, 1.807) is 21.0 Å². The second kappa shape index (κ2) is 8.03. The molecule has 0 aromatic carbocycles. The number of hydrogen-bond acceptors (Lipinski definition) is 4. The lowest BCUT2D eigenvalue weighted by atomic mass is 9.93. The first-order valence-corrected chi connectivity index (χ1v) is 5.76. The average Bonchev–Trinajstić information content (AvgIpc) is 2.31. The third-order valence-electron chi connectivity index (χ3n) is 2.83. The van der Waals surface area contributed by atoms with Crippen molar-refractivity contribution >= 4 is 11.9 Å². The van der Waals surface area contributed by atoms with Gasteiger partial charge in [0.15, 0.2) is 0 Å². The van der Waals surface area contributed by atoms with Crippen LogP contribution in [0.2, 0.25) is 0 Å². The third kappa shape index (κ3) is 5.14. The molecule has 100 valence electrons. The zero-order valence-corrected chi connectivity index (χ0v) is 10.7. The molecule has 0 spiro atoms. The summed E-state index contributed by atoms with van der Waals surface area (Å²) < 4.78 is 4.79. The van der Waals surface area contributed by atoms with Gasteiger partial charge in [-0.05, 0) is 12.8 Å². The molecule has 1 amide bonds. The largest absolute Gasteiger partial charge is 0.480 e. The molecule has 0 saturated carbocycles. The maximum atomic E-state index is 11.4. The smallest absolute Gasteiger partial charge is 0.323 e. The van der Waals surface area contributed by atoms with Gasteiger partial charge in [0.2, 0.25) is 5.91 Å². The highest BCUT2D eigenvalue weighted by molar-refractivity contribution is 5.82. The number of carboxylic acid groups (broad SMARTS) is 1. The fourth-order valence-electron chi connectivity index (χ4n) is 1.48. The molecule has 3 N–H and O–H groups in total. The van der Waals surface area contributed by atoms with Crippen molar-refractivity contribution in [2.75, 3.05) is 26.8 Å². The van der Waals surface area contributed by atoms with Gasteiger partial charge in [0, 0.05) is 13.7 Å². The van der Waals surface area contributed by atoms with E-state index in [2.05, 4.69) is 10.6 Å². The van der Waals surface area contributed by atoms with Crippen molar-refractivity contribution in [1.29, 1.82) is 0 Å². The third-order valence-corrected chi connectivity index (χ3v) is 2.83. The molecule has 6 nitrogen and oxygen atoms in total. The van der Waals surface area contributed by atoms with Gasteiger partial charge in [0.1, 0.15) is 5.54 Å². The van der Waals surface area contributed by atoms with Crippen LogP contribution in [0.4, 0.5) is 0 Å². The predicted molar refractivity (Wildman–Crippen MR) is 63.8 cm³/mol. The molecule has 0 heterocycles. The van der Waals surface area contributed by atoms with Crippen LogP contribution in [0.3, 0.4) is 0 Å². The van der Waals surface area contributed by atoms with Crippen LogP contribution < -0.4 is 10.6 Å². The Morgan fingerprint density at radius 1 is 1.29 bits per heavy atom. The van der Waals surface area contributed by atoms with E-state index in [9.17, 15) is 9.59 Å². The van der Waals surface area contributed by atoms with Gasteiger partial charge in [-0.25, -0.2) is 0 Å². The maximum absolute atomic E-state index is 11.4. The quantitative estimate of drug-likeness (QED) is 0.498. The van der Waals surface area contributed by atoms with Crippen LogP contribution in [0, 0.1) is 0 Å². The number of amides is 1. The molecule has 0 aliphatic carbocycles. The summed E-state index contributed by atoms with van der Waals surface area (Å²) in [6, 6.07) is 0. The Morgan fingerprint density at radius 3 is 2.29 bits per heavy atom. The zero-order valence-electron chi connectivity index (χ0n) is 10.7. The van der Waals surface area contributed by atoms with Crippen LogP contribution in [-0.4, -0.2) is 49.3 Å². The number of hydrogen-bond donors (Lipinski definition) is 3. The van der Waals surface area contributed by atoms with E-state index >= 15 is 0 Å². The lowest BCUT2D eigenvalue weighted by Crippen LogP contribution is -2.54. The van der Waals surface area contributed by atoms with Gasteiger partial charge < -0.3 is 15.2 Å². The molecule has 0 aromatic heterocycles. The van der Waals surface area contributed by atoms with Crippen LogP contribution in [0.25, 0.3) is 0 Å². The molecule has 0 aliphatic heterocycles. The second-order valence-corrected chi connectivity index (χ2v) is 3.79. The van der Waals surface area contributed by atoms with E-state index in [-0.39, 0.29) is 12.5 Å². The van der Waals surface area contributed by atoms with E-state index < -0.39 is 11.5 Å². The topological polar surface area (TPSA) is 87.7 Å². The van der Waals surface area contributed by atoms with E-state index in [4.69, 9.17) is 9.84 Å². The SMILES string of the molecule is CCC(CC)(NCC(=O)NCCOC)C(=O)O. The first-order chi connectivity index (χ1) is 8.02. The number of nitrogens with one attached hydrogen (secondary N) is 2. The number of methoxy groups -OCH3 is 1. The summed E-state index contributed by atoms with van der Waals surface area (Å²) in [4.78, 5) is 22.5. The van der Waals surface area contributed by atoms with Crippen LogP contribution in [0.1, 0.15) is 26.7 Å². The first kappa shape index (κ1) is 15.9. The second-order valence-electron chi connectivity index (χ2n) is 3.79. The Morgan fingerprint density at radius 2 is 1.88 bits per heavy atom. The normalized spacial score (nSPS) is 11.2. The minimum atomic E-state index is -1.02. The first-order valence-electron chi connectivity index (χ1n) is 5.76.